The molecule has 2 heterocycles. The number of sulfone groups is 1. The first-order valence-electron chi connectivity index (χ1n) is 11.3. The van der Waals surface area contributed by atoms with Crippen molar-refractivity contribution < 1.29 is 36.7 Å². The van der Waals surface area contributed by atoms with Gasteiger partial charge in [-0.1, -0.05) is 0 Å². The molecule has 1 aliphatic rings. The molecule has 1 aromatic heterocycles. The Kier molecular flexibility index (Phi) is 7.51. The van der Waals surface area contributed by atoms with Crippen molar-refractivity contribution in [2.24, 2.45) is 0 Å². The van der Waals surface area contributed by atoms with Gasteiger partial charge in [-0.05, 0) is 50.2 Å². The summed E-state index contributed by atoms with van der Waals surface area (Å²) in [5.74, 6) is -0.125. The number of pyridine rings is 1. The number of nitrogens with one attached hydrogen (secondary N) is 2. The van der Waals surface area contributed by atoms with Crippen molar-refractivity contribution in [3.05, 3.63) is 65.5 Å². The van der Waals surface area contributed by atoms with Crippen molar-refractivity contribution in [1.29, 1.82) is 0 Å². The summed E-state index contributed by atoms with van der Waals surface area (Å²) in [7, 11) is -3.51. The van der Waals surface area contributed by atoms with E-state index in [4.69, 9.17) is 19.3 Å². The van der Waals surface area contributed by atoms with E-state index in [1.807, 2.05) is 6.92 Å². The molecule has 0 aliphatic carbocycles. The molecule has 2 atom stereocenters. The fraction of sp³-hybridized carbons (Fsp3) is 0.280. The average molecular weight is 562 g/mol. The SMILES string of the molecule is COc1ccc2c(c1)NC(S(=O)Cc1ncc(C)c(OC)c1C)(S(=O)(=O)c1ccc(OCC(=O)O)cc1)N2. The summed E-state index contributed by atoms with van der Waals surface area (Å²) >= 11 is 0. The van der Waals surface area contributed by atoms with E-state index in [0.29, 0.717) is 34.1 Å². The Hall–Kier alpha value is -3.84. The number of methoxy groups -OCH3 is 2. The Morgan fingerprint density at radius 2 is 1.68 bits per heavy atom. The number of hydrogen-bond acceptors (Lipinski definition) is 10. The third kappa shape index (κ3) is 4.86. The molecule has 0 bridgehead atoms. The maximum atomic E-state index is 14.1. The first-order valence-corrected chi connectivity index (χ1v) is 14.1. The summed E-state index contributed by atoms with van der Waals surface area (Å²) < 4.78 is 56.0. The average Bonchev–Trinajstić information content (AvgIpc) is 3.30. The first kappa shape index (κ1) is 27.2. The van der Waals surface area contributed by atoms with Crippen LogP contribution in [0.5, 0.6) is 17.2 Å². The smallest absolute Gasteiger partial charge is 0.341 e. The monoisotopic (exact) mass is 561 g/mol. The van der Waals surface area contributed by atoms with Crippen LogP contribution in [-0.2, 0) is 31.2 Å². The second-order valence-corrected chi connectivity index (χ2v) is 12.4. The number of hydrogen-bond donors (Lipinski definition) is 3. The maximum Gasteiger partial charge on any atom is 0.341 e. The minimum Gasteiger partial charge on any atom is -0.497 e. The molecule has 13 heteroatoms. The number of nitrogens with zero attached hydrogens (tertiary/aromatic N) is 1. The Labute approximate surface area is 222 Å². The molecule has 3 aromatic rings. The van der Waals surface area contributed by atoms with Gasteiger partial charge in [0.05, 0.1) is 52.7 Å². The van der Waals surface area contributed by atoms with Crippen molar-refractivity contribution in [3.8, 4) is 17.2 Å². The molecule has 38 heavy (non-hydrogen) atoms. The van der Waals surface area contributed by atoms with Crippen molar-refractivity contribution in [2.45, 2.75) is 28.8 Å². The molecular formula is C25H27N3O8S2. The van der Waals surface area contributed by atoms with Gasteiger partial charge in [0, 0.05) is 23.4 Å². The number of ether oxygens (including phenoxy) is 3. The van der Waals surface area contributed by atoms with Gasteiger partial charge in [-0.2, -0.15) is 0 Å². The van der Waals surface area contributed by atoms with E-state index in [1.54, 1.807) is 31.3 Å². The van der Waals surface area contributed by atoms with Gasteiger partial charge in [0.15, 0.2) is 6.61 Å². The van der Waals surface area contributed by atoms with E-state index in [1.165, 1.54) is 38.5 Å². The largest absolute Gasteiger partial charge is 0.497 e. The molecule has 2 unspecified atom stereocenters. The highest BCUT2D eigenvalue weighted by Crippen LogP contribution is 2.43. The van der Waals surface area contributed by atoms with E-state index in [-0.39, 0.29) is 16.4 Å². The Morgan fingerprint density at radius 1 is 1.03 bits per heavy atom. The van der Waals surface area contributed by atoms with E-state index in [2.05, 4.69) is 15.6 Å². The fourth-order valence-corrected chi connectivity index (χ4v) is 8.04. The number of carboxylic acids is 1. The number of aliphatic carboxylic acids is 1. The molecule has 3 N–H and O–H groups in total. The van der Waals surface area contributed by atoms with E-state index < -0.39 is 37.5 Å². The van der Waals surface area contributed by atoms with Crippen LogP contribution in [0.4, 0.5) is 11.4 Å². The molecule has 202 valence electrons. The zero-order valence-corrected chi connectivity index (χ0v) is 22.7. The summed E-state index contributed by atoms with van der Waals surface area (Å²) in [6.07, 6.45) is 1.59. The summed E-state index contributed by atoms with van der Waals surface area (Å²) in [6, 6.07) is 10.1. The zero-order chi connectivity index (χ0) is 27.7. The Morgan fingerprint density at radius 3 is 2.32 bits per heavy atom. The van der Waals surface area contributed by atoms with Crippen LogP contribution >= 0.6 is 0 Å². The lowest BCUT2D eigenvalue weighted by atomic mass is 10.1. The Balaban J connectivity index is 1.77. The minimum atomic E-state index is -4.39. The standard InChI is InChI=1S/C25H27N3O8S2/c1-15-12-26-22(16(2)24(15)35-4)14-37(31)25(27-20-10-7-18(34-3)11-21(20)28-25)38(32,33)19-8-5-17(6-9-19)36-13-23(29)30/h5-12,27-28H,13-14H2,1-4H3,(H,29,30). The van der Waals surface area contributed by atoms with Crippen LogP contribution in [-0.4, -0.2) is 53.8 Å². The molecule has 4 rings (SSSR count). The van der Waals surface area contributed by atoms with Crippen LogP contribution in [0.15, 0.2) is 53.6 Å². The van der Waals surface area contributed by atoms with Crippen LogP contribution in [0.25, 0.3) is 0 Å². The third-order valence-corrected chi connectivity index (χ3v) is 10.5. The van der Waals surface area contributed by atoms with Crippen molar-refractivity contribution in [3.63, 3.8) is 0 Å². The molecule has 0 saturated carbocycles. The summed E-state index contributed by atoms with van der Waals surface area (Å²) in [6.45, 7) is 3.03. The van der Waals surface area contributed by atoms with Gasteiger partial charge >= 0.3 is 5.97 Å². The molecule has 0 saturated heterocycles. The van der Waals surface area contributed by atoms with Crippen LogP contribution in [0.3, 0.4) is 0 Å². The van der Waals surface area contributed by atoms with Crippen molar-refractivity contribution in [2.75, 3.05) is 31.5 Å². The Bertz CT molecular complexity index is 1510. The van der Waals surface area contributed by atoms with E-state index >= 15 is 0 Å². The molecule has 0 radical (unpaired) electrons. The lowest BCUT2D eigenvalue weighted by molar-refractivity contribution is -0.139. The van der Waals surface area contributed by atoms with Crippen LogP contribution in [0, 0.1) is 13.8 Å². The molecular weight excluding hydrogens is 534 g/mol. The topological polar surface area (TPSA) is 153 Å². The minimum absolute atomic E-state index is 0.153. The van der Waals surface area contributed by atoms with Crippen LogP contribution in [0.2, 0.25) is 0 Å². The number of carboxylic acid groups (broad SMARTS) is 1. The normalized spacial score (nSPS) is 17.1. The highest BCUT2D eigenvalue weighted by atomic mass is 32.3. The number of fused-ring (bicyclic) bond motifs is 1. The lowest BCUT2D eigenvalue weighted by Crippen LogP contribution is -2.53. The molecule has 2 aromatic carbocycles. The molecule has 1 aliphatic heterocycles. The number of benzene rings is 2. The zero-order valence-electron chi connectivity index (χ0n) is 21.1. The highest BCUT2D eigenvalue weighted by Gasteiger charge is 2.54. The number of anilines is 2. The summed E-state index contributed by atoms with van der Waals surface area (Å²) in [5, 5.41) is 14.7. The van der Waals surface area contributed by atoms with Crippen molar-refractivity contribution >= 4 is 38.0 Å². The fourth-order valence-electron chi connectivity index (χ4n) is 4.09. The maximum absolute atomic E-state index is 14.1. The number of aryl methyl sites for hydroxylation is 1. The second-order valence-electron chi connectivity index (χ2n) is 8.47. The summed E-state index contributed by atoms with van der Waals surface area (Å²) in [4.78, 5) is 15.0. The van der Waals surface area contributed by atoms with Gasteiger partial charge in [-0.3, -0.25) is 9.19 Å². The predicted octanol–water partition coefficient (Wildman–Crippen LogP) is 3.05. The summed E-state index contributed by atoms with van der Waals surface area (Å²) in [5.41, 5.74) is 2.70. The van der Waals surface area contributed by atoms with E-state index in [9.17, 15) is 17.4 Å². The highest BCUT2D eigenvalue weighted by molar-refractivity contribution is 8.07. The predicted molar refractivity (Wildman–Crippen MR) is 142 cm³/mol. The van der Waals surface area contributed by atoms with Gasteiger partial charge in [0.25, 0.3) is 4.33 Å². The van der Waals surface area contributed by atoms with Gasteiger partial charge in [0.2, 0.25) is 9.84 Å². The molecule has 11 nitrogen and oxygen atoms in total. The molecule has 0 amide bonds. The quantitative estimate of drug-likeness (QED) is 0.335. The molecule has 0 spiro atoms. The van der Waals surface area contributed by atoms with E-state index in [0.717, 1.165) is 5.56 Å². The van der Waals surface area contributed by atoms with Crippen LogP contribution < -0.4 is 24.8 Å². The first-order chi connectivity index (χ1) is 18.0. The van der Waals surface area contributed by atoms with Crippen molar-refractivity contribution in [1.82, 2.24) is 4.98 Å². The number of rotatable bonds is 10. The van der Waals surface area contributed by atoms with Crippen LogP contribution in [0.1, 0.15) is 16.8 Å². The van der Waals surface area contributed by atoms with Gasteiger partial charge in [-0.15, -0.1) is 0 Å². The molecule has 0 fully saturated rings. The number of carbonyl (C=O) groups is 1. The third-order valence-electron chi connectivity index (χ3n) is 6.04. The number of aromatic nitrogens is 1. The van der Waals surface area contributed by atoms with Gasteiger partial charge in [0.1, 0.15) is 17.2 Å². The van der Waals surface area contributed by atoms with Gasteiger partial charge in [-0.25, -0.2) is 13.2 Å². The second kappa shape index (κ2) is 10.5. The lowest BCUT2D eigenvalue weighted by Gasteiger charge is -2.29. The van der Waals surface area contributed by atoms with Gasteiger partial charge < -0.3 is 30.0 Å².